The first-order valence-electron chi connectivity index (χ1n) is 9.09. The van der Waals surface area contributed by atoms with Gasteiger partial charge in [0.25, 0.3) is 5.91 Å². The smallest absolute Gasteiger partial charge is 0.255 e. The third-order valence-electron chi connectivity index (χ3n) is 4.03. The first-order chi connectivity index (χ1) is 13.7. The van der Waals surface area contributed by atoms with Crippen LogP contribution in [0.3, 0.4) is 0 Å². The molecule has 0 aromatic heterocycles. The summed E-state index contributed by atoms with van der Waals surface area (Å²) in [6.45, 7) is 2.88. The standard InChI is InChI=1S/C23H23NO3S/c1-3-27-21-14-13-17(15-18(21)16-26-2)23(25)24-20-11-7-8-12-22(20)28-19-9-5-4-6-10-19/h4-15H,3,16H2,1-2H3,(H,24,25). The molecular formula is C23H23NO3S. The van der Waals surface area contributed by atoms with Gasteiger partial charge in [-0.05, 0) is 49.4 Å². The first kappa shape index (κ1) is 20.0. The highest BCUT2D eigenvalue weighted by molar-refractivity contribution is 7.99. The number of nitrogens with one attached hydrogen (secondary N) is 1. The van der Waals surface area contributed by atoms with Crippen LogP contribution in [0.25, 0.3) is 0 Å². The average molecular weight is 394 g/mol. The third-order valence-corrected chi connectivity index (χ3v) is 5.11. The quantitative estimate of drug-likeness (QED) is 0.538. The van der Waals surface area contributed by atoms with Gasteiger partial charge in [-0.3, -0.25) is 4.79 Å². The van der Waals surface area contributed by atoms with E-state index in [1.165, 1.54) is 0 Å². The Bertz CT molecular complexity index is 928. The molecule has 3 aromatic carbocycles. The summed E-state index contributed by atoms with van der Waals surface area (Å²) in [5, 5.41) is 3.03. The van der Waals surface area contributed by atoms with Gasteiger partial charge in [-0.2, -0.15) is 0 Å². The molecular weight excluding hydrogens is 370 g/mol. The van der Waals surface area contributed by atoms with E-state index >= 15 is 0 Å². The van der Waals surface area contributed by atoms with E-state index in [4.69, 9.17) is 9.47 Å². The number of methoxy groups -OCH3 is 1. The van der Waals surface area contributed by atoms with Gasteiger partial charge < -0.3 is 14.8 Å². The van der Waals surface area contributed by atoms with Crippen LogP contribution in [0.2, 0.25) is 0 Å². The topological polar surface area (TPSA) is 47.6 Å². The fourth-order valence-electron chi connectivity index (χ4n) is 2.75. The van der Waals surface area contributed by atoms with Gasteiger partial charge in [0.2, 0.25) is 0 Å². The van der Waals surface area contributed by atoms with E-state index in [2.05, 4.69) is 5.32 Å². The van der Waals surface area contributed by atoms with Gasteiger partial charge in [0.15, 0.2) is 0 Å². The molecule has 5 heteroatoms. The van der Waals surface area contributed by atoms with Crippen LogP contribution < -0.4 is 10.1 Å². The van der Waals surface area contributed by atoms with Crippen molar-refractivity contribution in [2.75, 3.05) is 19.0 Å². The predicted octanol–water partition coefficient (Wildman–Crippen LogP) is 5.64. The fraction of sp³-hybridized carbons (Fsp3) is 0.174. The largest absolute Gasteiger partial charge is 0.494 e. The average Bonchev–Trinajstić information content (AvgIpc) is 2.72. The highest BCUT2D eigenvalue weighted by Gasteiger charge is 2.13. The van der Waals surface area contributed by atoms with E-state index in [0.717, 1.165) is 26.8 Å². The summed E-state index contributed by atoms with van der Waals surface area (Å²) in [4.78, 5) is 15.0. The second kappa shape index (κ2) is 9.97. The molecule has 0 aliphatic rings. The zero-order valence-electron chi connectivity index (χ0n) is 16.0. The Balaban J connectivity index is 1.80. The van der Waals surface area contributed by atoms with Gasteiger partial charge in [0.1, 0.15) is 5.75 Å². The fourth-order valence-corrected chi connectivity index (χ4v) is 3.68. The summed E-state index contributed by atoms with van der Waals surface area (Å²) < 4.78 is 10.9. The molecule has 0 unspecified atom stereocenters. The molecule has 3 aromatic rings. The van der Waals surface area contributed by atoms with Gasteiger partial charge in [0.05, 0.1) is 18.9 Å². The minimum absolute atomic E-state index is 0.165. The number of amides is 1. The van der Waals surface area contributed by atoms with E-state index < -0.39 is 0 Å². The number of rotatable bonds is 8. The van der Waals surface area contributed by atoms with Crippen molar-refractivity contribution in [3.05, 3.63) is 83.9 Å². The predicted molar refractivity (Wildman–Crippen MR) is 113 cm³/mol. The second-order valence-corrected chi connectivity index (χ2v) is 7.17. The van der Waals surface area contributed by atoms with Crippen molar-refractivity contribution in [3.8, 4) is 5.75 Å². The van der Waals surface area contributed by atoms with Gasteiger partial charge in [-0.1, -0.05) is 42.1 Å². The molecule has 0 spiro atoms. The Hall–Kier alpha value is -2.76. The Morgan fingerprint density at radius 3 is 2.50 bits per heavy atom. The number of hydrogen-bond acceptors (Lipinski definition) is 4. The van der Waals surface area contributed by atoms with Crippen molar-refractivity contribution < 1.29 is 14.3 Å². The van der Waals surface area contributed by atoms with E-state index in [1.54, 1.807) is 24.9 Å². The van der Waals surface area contributed by atoms with E-state index in [-0.39, 0.29) is 5.91 Å². The highest BCUT2D eigenvalue weighted by Crippen LogP contribution is 2.33. The molecule has 0 saturated carbocycles. The van der Waals surface area contributed by atoms with Crippen LogP contribution in [0, 0.1) is 0 Å². The molecule has 0 aliphatic heterocycles. The van der Waals surface area contributed by atoms with Gasteiger partial charge in [-0.15, -0.1) is 0 Å². The zero-order valence-corrected chi connectivity index (χ0v) is 16.8. The van der Waals surface area contributed by atoms with Gasteiger partial charge in [-0.25, -0.2) is 0 Å². The van der Waals surface area contributed by atoms with Gasteiger partial charge in [0, 0.05) is 28.0 Å². The molecule has 144 valence electrons. The Kier molecular flexibility index (Phi) is 7.12. The Morgan fingerprint density at radius 2 is 1.75 bits per heavy atom. The van der Waals surface area contributed by atoms with Crippen molar-refractivity contribution in [2.45, 2.75) is 23.3 Å². The molecule has 0 atom stereocenters. The summed E-state index contributed by atoms with van der Waals surface area (Å²) in [5.41, 5.74) is 2.20. The van der Waals surface area contributed by atoms with E-state index in [1.807, 2.05) is 73.7 Å². The summed E-state index contributed by atoms with van der Waals surface area (Å²) in [7, 11) is 1.62. The SMILES string of the molecule is CCOc1ccc(C(=O)Nc2ccccc2Sc2ccccc2)cc1COC. The number of hydrogen-bond donors (Lipinski definition) is 1. The van der Waals surface area contributed by atoms with Crippen molar-refractivity contribution in [3.63, 3.8) is 0 Å². The maximum absolute atomic E-state index is 12.8. The zero-order chi connectivity index (χ0) is 19.8. The Morgan fingerprint density at radius 1 is 1.00 bits per heavy atom. The van der Waals surface area contributed by atoms with Crippen LogP contribution in [0.1, 0.15) is 22.8 Å². The van der Waals surface area contributed by atoms with Crippen molar-refractivity contribution in [1.29, 1.82) is 0 Å². The molecule has 28 heavy (non-hydrogen) atoms. The van der Waals surface area contributed by atoms with E-state index in [9.17, 15) is 4.79 Å². The third kappa shape index (κ3) is 5.15. The maximum atomic E-state index is 12.8. The molecule has 0 bridgehead atoms. The number of benzene rings is 3. The Labute approximate surface area is 169 Å². The number of carbonyl (C=O) groups is 1. The van der Waals surface area contributed by atoms with Crippen LogP contribution in [-0.2, 0) is 11.3 Å². The minimum atomic E-state index is -0.165. The van der Waals surface area contributed by atoms with Crippen LogP contribution >= 0.6 is 11.8 Å². The number of anilines is 1. The lowest BCUT2D eigenvalue weighted by Gasteiger charge is -2.13. The molecule has 0 radical (unpaired) electrons. The van der Waals surface area contributed by atoms with E-state index in [0.29, 0.717) is 18.8 Å². The molecule has 0 heterocycles. The van der Waals surface area contributed by atoms with Crippen molar-refractivity contribution in [1.82, 2.24) is 0 Å². The lowest BCUT2D eigenvalue weighted by atomic mass is 10.1. The number of carbonyl (C=O) groups excluding carboxylic acids is 1. The lowest BCUT2D eigenvalue weighted by molar-refractivity contribution is 0.102. The lowest BCUT2D eigenvalue weighted by Crippen LogP contribution is -2.13. The van der Waals surface area contributed by atoms with Crippen LogP contribution in [0.5, 0.6) is 5.75 Å². The minimum Gasteiger partial charge on any atom is -0.494 e. The number of para-hydroxylation sites is 1. The molecule has 0 fully saturated rings. The molecule has 0 saturated heterocycles. The van der Waals surface area contributed by atoms with Crippen LogP contribution in [-0.4, -0.2) is 19.6 Å². The van der Waals surface area contributed by atoms with Crippen LogP contribution in [0.15, 0.2) is 82.6 Å². The monoisotopic (exact) mass is 393 g/mol. The summed E-state index contributed by atoms with van der Waals surface area (Å²) in [6, 6.07) is 23.3. The summed E-state index contributed by atoms with van der Waals surface area (Å²) >= 11 is 1.62. The molecule has 3 rings (SSSR count). The second-order valence-electron chi connectivity index (χ2n) is 6.05. The molecule has 1 amide bonds. The normalized spacial score (nSPS) is 10.5. The molecule has 4 nitrogen and oxygen atoms in total. The molecule has 0 aliphatic carbocycles. The highest BCUT2D eigenvalue weighted by atomic mass is 32.2. The maximum Gasteiger partial charge on any atom is 0.255 e. The van der Waals surface area contributed by atoms with Gasteiger partial charge >= 0.3 is 0 Å². The number of ether oxygens (including phenoxy) is 2. The van der Waals surface area contributed by atoms with Crippen molar-refractivity contribution in [2.24, 2.45) is 0 Å². The van der Waals surface area contributed by atoms with Crippen LogP contribution in [0.4, 0.5) is 5.69 Å². The van der Waals surface area contributed by atoms with Crippen molar-refractivity contribution >= 4 is 23.4 Å². The first-order valence-corrected chi connectivity index (χ1v) is 9.91. The summed E-state index contributed by atoms with van der Waals surface area (Å²) in [5.74, 6) is 0.572. The summed E-state index contributed by atoms with van der Waals surface area (Å²) in [6.07, 6.45) is 0. The molecule has 1 N–H and O–H groups in total.